The third-order valence-corrected chi connectivity index (χ3v) is 19.3. The van der Waals surface area contributed by atoms with Gasteiger partial charge in [-0.2, -0.15) is 0 Å². The van der Waals surface area contributed by atoms with Crippen LogP contribution in [0, 0.1) is 0 Å². The maximum absolute atomic E-state index is 5.38. The highest BCUT2D eigenvalue weighted by atomic mass is 15.0. The van der Waals surface area contributed by atoms with E-state index in [1.54, 1.807) is 0 Å². The standard InChI is InChI=1S/C84H48N6/c1-3-14-61(15-4-1)89-75-23-8-7-18-64(75)72-44-56(34-39-76(72)89)52-24-26-54-42-60(30-28-50(54)40-52)84-86-48-74-69-38-37-63(67-20-11-22-71(80(67)69)82(74)88-84)58-33-36-66-65-35-32-57(45-77(65)90(78(66)46-58)62-16-5-2-6-17-62)53-25-27-55-43-59(31-29-51(55)41-53)83-85-47-73-68-19-9-12-49-13-10-21-70(79(49)68)81(73)87-83/h1-48H. The fourth-order valence-corrected chi connectivity index (χ4v) is 15.0. The summed E-state index contributed by atoms with van der Waals surface area (Å²) in [7, 11) is 0. The lowest BCUT2D eigenvalue weighted by molar-refractivity contribution is 1.18. The van der Waals surface area contributed by atoms with E-state index in [0.717, 1.165) is 94.9 Å². The molecule has 20 rings (SSSR count). The molecule has 0 fully saturated rings. The topological polar surface area (TPSA) is 61.4 Å². The number of hydrogen-bond acceptors (Lipinski definition) is 4. The van der Waals surface area contributed by atoms with Gasteiger partial charge >= 0.3 is 0 Å². The number of benzene rings is 14. The number of hydrogen-bond donors (Lipinski definition) is 0. The lowest BCUT2D eigenvalue weighted by atomic mass is 9.94. The summed E-state index contributed by atoms with van der Waals surface area (Å²) in [6.07, 6.45) is 4.03. The van der Waals surface area contributed by atoms with Crippen LogP contribution in [0.1, 0.15) is 0 Å². The van der Waals surface area contributed by atoms with Crippen LogP contribution < -0.4 is 0 Å². The fraction of sp³-hybridized carbons (Fsp3) is 0. The second kappa shape index (κ2) is 18.7. The second-order valence-electron chi connectivity index (χ2n) is 24.1. The molecule has 0 aliphatic heterocycles. The van der Waals surface area contributed by atoms with E-state index in [2.05, 4.69) is 288 Å². The van der Waals surface area contributed by atoms with E-state index in [1.807, 2.05) is 12.4 Å². The van der Waals surface area contributed by atoms with Crippen molar-refractivity contribution in [2.45, 2.75) is 0 Å². The van der Waals surface area contributed by atoms with Crippen LogP contribution in [0.3, 0.4) is 0 Å². The summed E-state index contributed by atoms with van der Waals surface area (Å²) in [4.78, 5) is 20.6. The Hall–Kier alpha value is -12.1. The maximum Gasteiger partial charge on any atom is 0.159 e. The van der Waals surface area contributed by atoms with Gasteiger partial charge in [-0.3, -0.25) is 0 Å². The average Bonchev–Trinajstić information content (AvgIpc) is 1.63. The third-order valence-electron chi connectivity index (χ3n) is 19.3. The van der Waals surface area contributed by atoms with Gasteiger partial charge < -0.3 is 9.13 Å². The molecule has 0 saturated carbocycles. The summed E-state index contributed by atoms with van der Waals surface area (Å²) in [5, 5.41) is 14.4. The van der Waals surface area contributed by atoms with Gasteiger partial charge in [0.1, 0.15) is 0 Å². The molecule has 90 heavy (non-hydrogen) atoms. The van der Waals surface area contributed by atoms with Crippen molar-refractivity contribution in [2.24, 2.45) is 0 Å². The molecule has 4 aromatic heterocycles. The Balaban J connectivity index is 0.621. The summed E-state index contributed by atoms with van der Waals surface area (Å²) in [6.45, 7) is 0. The SMILES string of the molecule is c1ccc(-n2c3ccccc3c3cc(-c4ccc5cc(-c6ncc7c(n6)-c6cccc8c(-c9ccc%10c%11ccc(-c%12ccc%13cc(-c%14ncc%15c(n%14)-c%14cccc%16cccc-%15c%14%16)ccc%13c%12)cc%11n(-c%11ccccc%11)c%10c9)ccc-7c68)ccc5c4)ccc32)cc1. The third kappa shape index (κ3) is 7.21. The largest absolute Gasteiger partial charge is 0.309 e. The zero-order valence-electron chi connectivity index (χ0n) is 48.4. The number of aromatic nitrogens is 6. The van der Waals surface area contributed by atoms with Crippen LogP contribution in [-0.4, -0.2) is 29.1 Å². The summed E-state index contributed by atoms with van der Waals surface area (Å²) in [5.74, 6) is 1.45. The van der Waals surface area contributed by atoms with E-state index in [-0.39, 0.29) is 0 Å². The Kier molecular flexibility index (Phi) is 10.2. The lowest BCUT2D eigenvalue weighted by Gasteiger charge is -2.12. The lowest BCUT2D eigenvalue weighted by Crippen LogP contribution is -1.94. The van der Waals surface area contributed by atoms with Gasteiger partial charge in [0.05, 0.1) is 33.5 Å². The van der Waals surface area contributed by atoms with Crippen molar-refractivity contribution in [3.63, 3.8) is 0 Å². The molecule has 0 amide bonds. The van der Waals surface area contributed by atoms with Gasteiger partial charge in [0, 0.05) is 78.7 Å². The monoisotopic (exact) mass is 1140 g/mol. The van der Waals surface area contributed by atoms with Gasteiger partial charge in [-0.25, -0.2) is 19.9 Å². The van der Waals surface area contributed by atoms with Crippen LogP contribution in [0.2, 0.25) is 0 Å². The van der Waals surface area contributed by atoms with E-state index in [9.17, 15) is 0 Å². The molecule has 6 nitrogen and oxygen atoms in total. The van der Waals surface area contributed by atoms with Crippen molar-refractivity contribution < 1.29 is 0 Å². The van der Waals surface area contributed by atoms with Crippen LogP contribution in [-0.2, 0) is 0 Å². The van der Waals surface area contributed by atoms with Crippen molar-refractivity contribution >= 4 is 86.7 Å². The quantitative estimate of drug-likeness (QED) is 0.160. The minimum atomic E-state index is 0.717. The van der Waals surface area contributed by atoms with E-state index in [4.69, 9.17) is 19.9 Å². The molecule has 0 N–H and O–H groups in total. The first-order chi connectivity index (χ1) is 44.6. The summed E-state index contributed by atoms with van der Waals surface area (Å²) < 4.78 is 4.80. The van der Waals surface area contributed by atoms with Crippen LogP contribution in [0.5, 0.6) is 0 Å². The molecule has 0 saturated heterocycles. The molecule has 14 aromatic carbocycles. The smallest absolute Gasteiger partial charge is 0.159 e. The molecule has 0 spiro atoms. The first-order valence-corrected chi connectivity index (χ1v) is 30.7. The number of para-hydroxylation sites is 3. The summed E-state index contributed by atoms with van der Waals surface area (Å²) in [5.41, 5.74) is 24.8. The van der Waals surface area contributed by atoms with E-state index in [1.165, 1.54) is 98.3 Å². The normalized spacial score (nSPS) is 12.2. The first kappa shape index (κ1) is 49.0. The molecule has 0 unspecified atom stereocenters. The van der Waals surface area contributed by atoms with Gasteiger partial charge in [-0.1, -0.05) is 200 Å². The second-order valence-corrected chi connectivity index (χ2v) is 24.1. The molecule has 4 heterocycles. The predicted molar refractivity (Wildman–Crippen MR) is 372 cm³/mol. The molecule has 0 radical (unpaired) electrons. The van der Waals surface area contributed by atoms with Crippen LogP contribution in [0.4, 0.5) is 0 Å². The Bertz CT molecular complexity index is 6150. The van der Waals surface area contributed by atoms with Crippen molar-refractivity contribution in [1.82, 2.24) is 29.1 Å². The summed E-state index contributed by atoms with van der Waals surface area (Å²) in [6, 6.07) is 102. The highest BCUT2D eigenvalue weighted by Crippen LogP contribution is 2.51. The zero-order chi connectivity index (χ0) is 58.7. The van der Waals surface area contributed by atoms with Crippen molar-refractivity contribution in [3.05, 3.63) is 291 Å². The Labute approximate surface area is 516 Å². The van der Waals surface area contributed by atoms with Gasteiger partial charge in [0.25, 0.3) is 0 Å². The van der Waals surface area contributed by atoms with Crippen molar-refractivity contribution in [3.8, 4) is 112 Å². The van der Waals surface area contributed by atoms with Crippen LogP contribution >= 0.6 is 0 Å². The number of nitrogens with zero attached hydrogens (tertiary/aromatic N) is 6. The summed E-state index contributed by atoms with van der Waals surface area (Å²) >= 11 is 0. The molecule has 18 aromatic rings. The molecular formula is C84H48N6. The zero-order valence-corrected chi connectivity index (χ0v) is 48.4. The molecular weight excluding hydrogens is 1090 g/mol. The van der Waals surface area contributed by atoms with E-state index in [0.29, 0.717) is 5.82 Å². The van der Waals surface area contributed by atoms with Crippen LogP contribution in [0.25, 0.3) is 199 Å². The Morgan fingerprint density at radius 1 is 0.222 bits per heavy atom. The van der Waals surface area contributed by atoms with Crippen molar-refractivity contribution in [1.29, 1.82) is 0 Å². The number of fused-ring (bicyclic) bond motifs is 14. The first-order valence-electron chi connectivity index (χ1n) is 30.7. The fourth-order valence-electron chi connectivity index (χ4n) is 15.0. The Morgan fingerprint density at radius 2 is 0.656 bits per heavy atom. The minimum Gasteiger partial charge on any atom is -0.309 e. The highest BCUT2D eigenvalue weighted by molar-refractivity contribution is 6.20. The molecule has 0 atom stereocenters. The number of rotatable bonds is 7. The minimum absolute atomic E-state index is 0.717. The van der Waals surface area contributed by atoms with Gasteiger partial charge in [0.15, 0.2) is 11.6 Å². The highest BCUT2D eigenvalue weighted by Gasteiger charge is 2.27. The van der Waals surface area contributed by atoms with Crippen LogP contribution in [0.15, 0.2) is 291 Å². The average molecular weight is 1140 g/mol. The van der Waals surface area contributed by atoms with Gasteiger partial charge in [-0.05, 0) is 166 Å². The molecule has 414 valence electrons. The van der Waals surface area contributed by atoms with Gasteiger partial charge in [-0.15, -0.1) is 0 Å². The van der Waals surface area contributed by atoms with E-state index >= 15 is 0 Å². The predicted octanol–water partition coefficient (Wildman–Crippen LogP) is 21.7. The van der Waals surface area contributed by atoms with Gasteiger partial charge in [0.2, 0.25) is 0 Å². The van der Waals surface area contributed by atoms with E-state index < -0.39 is 0 Å². The molecule has 6 heteroatoms. The maximum atomic E-state index is 5.38. The van der Waals surface area contributed by atoms with Crippen molar-refractivity contribution in [2.75, 3.05) is 0 Å². The Morgan fingerprint density at radius 3 is 1.30 bits per heavy atom. The molecule has 2 aliphatic carbocycles. The molecule has 2 aliphatic rings. The molecule has 0 bridgehead atoms.